The Morgan fingerprint density at radius 2 is 2.00 bits per heavy atom. The molecule has 0 radical (unpaired) electrons. The Hall–Kier alpha value is -2.55. The van der Waals surface area contributed by atoms with Crippen LogP contribution in [0.5, 0.6) is 0 Å². The summed E-state index contributed by atoms with van der Waals surface area (Å²) in [6, 6.07) is 11.2. The minimum Gasteiger partial charge on any atom is -0.378 e. The SMILES string of the molecule is NNC(=O)c1ccc(CC2CN(C3COC3)CCN2c2cccc(F)c2)c(F)c1. The van der Waals surface area contributed by atoms with Crippen LogP contribution in [0.25, 0.3) is 0 Å². The van der Waals surface area contributed by atoms with E-state index in [2.05, 4.69) is 9.80 Å². The number of hydrogen-bond acceptors (Lipinski definition) is 5. The summed E-state index contributed by atoms with van der Waals surface area (Å²) < 4.78 is 33.8. The number of nitrogen functional groups attached to an aromatic ring is 1. The van der Waals surface area contributed by atoms with Gasteiger partial charge >= 0.3 is 0 Å². The van der Waals surface area contributed by atoms with Gasteiger partial charge < -0.3 is 9.64 Å². The van der Waals surface area contributed by atoms with E-state index in [1.165, 1.54) is 18.2 Å². The molecule has 1 unspecified atom stereocenters. The number of carbonyl (C=O) groups excluding carboxylic acids is 1. The molecule has 2 aromatic rings. The lowest BCUT2D eigenvalue weighted by atomic mass is 9.98. The van der Waals surface area contributed by atoms with Crippen molar-refractivity contribution in [2.24, 2.45) is 5.84 Å². The molecule has 0 bridgehead atoms. The summed E-state index contributed by atoms with van der Waals surface area (Å²) in [4.78, 5) is 16.1. The second kappa shape index (κ2) is 8.44. The number of amides is 1. The molecule has 6 nitrogen and oxygen atoms in total. The highest BCUT2D eigenvalue weighted by molar-refractivity contribution is 5.93. The van der Waals surface area contributed by atoms with Gasteiger partial charge in [0.05, 0.1) is 19.3 Å². The second-order valence-corrected chi connectivity index (χ2v) is 7.50. The van der Waals surface area contributed by atoms with Gasteiger partial charge in [0.25, 0.3) is 5.91 Å². The Kier molecular flexibility index (Phi) is 5.75. The molecule has 0 saturated carbocycles. The van der Waals surface area contributed by atoms with Crippen LogP contribution in [0.2, 0.25) is 0 Å². The number of nitrogens with two attached hydrogens (primary N) is 1. The highest BCUT2D eigenvalue weighted by Crippen LogP contribution is 2.26. The van der Waals surface area contributed by atoms with Crippen molar-refractivity contribution in [3.63, 3.8) is 0 Å². The number of rotatable bonds is 5. The number of nitrogens with zero attached hydrogens (tertiary/aromatic N) is 2. The van der Waals surface area contributed by atoms with E-state index in [0.29, 0.717) is 31.2 Å². The number of carbonyl (C=O) groups is 1. The zero-order chi connectivity index (χ0) is 20.4. The van der Waals surface area contributed by atoms with Crippen molar-refractivity contribution in [1.29, 1.82) is 0 Å². The molecular formula is C21H24F2N4O2. The van der Waals surface area contributed by atoms with E-state index in [1.54, 1.807) is 18.2 Å². The summed E-state index contributed by atoms with van der Waals surface area (Å²) in [5, 5.41) is 0. The molecule has 2 fully saturated rings. The van der Waals surface area contributed by atoms with E-state index in [-0.39, 0.29) is 17.4 Å². The molecule has 0 aromatic heterocycles. The van der Waals surface area contributed by atoms with Crippen LogP contribution in [0.3, 0.4) is 0 Å². The largest absolute Gasteiger partial charge is 0.378 e. The third-order valence-corrected chi connectivity index (χ3v) is 5.69. The van der Waals surface area contributed by atoms with Gasteiger partial charge in [-0.3, -0.25) is 15.1 Å². The van der Waals surface area contributed by atoms with Gasteiger partial charge in [-0.1, -0.05) is 12.1 Å². The molecule has 2 aromatic carbocycles. The Morgan fingerprint density at radius 1 is 1.17 bits per heavy atom. The zero-order valence-corrected chi connectivity index (χ0v) is 16.0. The van der Waals surface area contributed by atoms with Crippen molar-refractivity contribution >= 4 is 11.6 Å². The summed E-state index contributed by atoms with van der Waals surface area (Å²) in [7, 11) is 0. The first-order valence-corrected chi connectivity index (χ1v) is 9.68. The number of anilines is 1. The Labute approximate surface area is 168 Å². The minimum atomic E-state index is -0.536. The van der Waals surface area contributed by atoms with Crippen molar-refractivity contribution in [2.75, 3.05) is 37.7 Å². The van der Waals surface area contributed by atoms with Gasteiger partial charge in [-0.15, -0.1) is 0 Å². The van der Waals surface area contributed by atoms with Crippen molar-refractivity contribution in [3.05, 3.63) is 65.2 Å². The molecule has 8 heteroatoms. The lowest BCUT2D eigenvalue weighted by Gasteiger charge is -2.47. The Morgan fingerprint density at radius 3 is 2.66 bits per heavy atom. The highest BCUT2D eigenvalue weighted by Gasteiger charge is 2.34. The van der Waals surface area contributed by atoms with Gasteiger partial charge in [-0.25, -0.2) is 14.6 Å². The monoisotopic (exact) mass is 402 g/mol. The molecule has 1 amide bonds. The summed E-state index contributed by atoms with van der Waals surface area (Å²) in [6.07, 6.45) is 0.441. The Bertz CT molecular complexity index is 891. The van der Waals surface area contributed by atoms with Crippen LogP contribution in [-0.4, -0.2) is 55.7 Å². The van der Waals surface area contributed by atoms with E-state index in [4.69, 9.17) is 10.6 Å². The fourth-order valence-electron chi connectivity index (χ4n) is 4.01. The summed E-state index contributed by atoms with van der Waals surface area (Å²) in [6.45, 7) is 3.72. The maximum Gasteiger partial charge on any atom is 0.265 e. The molecule has 154 valence electrons. The van der Waals surface area contributed by atoms with Crippen LogP contribution in [-0.2, 0) is 11.2 Å². The quantitative estimate of drug-likeness (QED) is 0.453. The van der Waals surface area contributed by atoms with Gasteiger partial charge in [0.2, 0.25) is 0 Å². The zero-order valence-electron chi connectivity index (χ0n) is 16.0. The number of halogens is 2. The van der Waals surface area contributed by atoms with Crippen molar-refractivity contribution in [3.8, 4) is 0 Å². The van der Waals surface area contributed by atoms with Crippen molar-refractivity contribution < 1.29 is 18.3 Å². The number of hydrogen-bond donors (Lipinski definition) is 2. The lowest BCUT2D eigenvalue weighted by molar-refractivity contribution is -0.0697. The van der Waals surface area contributed by atoms with E-state index < -0.39 is 11.7 Å². The first-order valence-electron chi connectivity index (χ1n) is 9.68. The standard InChI is InChI=1S/C21H24F2N4O2/c22-16-2-1-3-17(10-16)27-7-6-26(19-12-29-13-19)11-18(27)8-14-4-5-15(9-20(14)23)21(28)25-24/h1-5,9-10,18-19H,6-8,11-13,24H2,(H,25,28). The fraction of sp³-hybridized carbons (Fsp3) is 0.381. The normalized spacial score (nSPS) is 20.4. The molecule has 2 saturated heterocycles. The van der Waals surface area contributed by atoms with Crippen LogP contribution in [0.15, 0.2) is 42.5 Å². The molecule has 2 heterocycles. The van der Waals surface area contributed by atoms with Crippen LogP contribution < -0.4 is 16.2 Å². The van der Waals surface area contributed by atoms with E-state index in [0.717, 1.165) is 25.3 Å². The average Bonchev–Trinajstić information content (AvgIpc) is 2.68. The first-order chi connectivity index (χ1) is 14.0. The fourth-order valence-corrected chi connectivity index (χ4v) is 4.01. The van der Waals surface area contributed by atoms with Crippen LogP contribution in [0, 0.1) is 11.6 Å². The summed E-state index contributed by atoms with van der Waals surface area (Å²) in [5.74, 6) is 3.85. The van der Waals surface area contributed by atoms with Crippen LogP contribution in [0.1, 0.15) is 15.9 Å². The highest BCUT2D eigenvalue weighted by atomic mass is 19.1. The predicted octanol–water partition coefficient (Wildman–Crippen LogP) is 1.70. The van der Waals surface area contributed by atoms with E-state index in [1.807, 2.05) is 11.5 Å². The molecule has 2 aliphatic heterocycles. The number of ether oxygens (including phenoxy) is 1. The van der Waals surface area contributed by atoms with Gasteiger partial charge in [0, 0.05) is 36.9 Å². The molecule has 4 rings (SSSR count). The van der Waals surface area contributed by atoms with Gasteiger partial charge in [0.1, 0.15) is 11.6 Å². The molecule has 0 spiro atoms. The lowest BCUT2D eigenvalue weighted by Crippen LogP contribution is -2.61. The molecule has 0 aliphatic carbocycles. The average molecular weight is 402 g/mol. The van der Waals surface area contributed by atoms with Crippen LogP contribution in [0.4, 0.5) is 14.5 Å². The third kappa shape index (κ3) is 4.24. The van der Waals surface area contributed by atoms with Crippen molar-refractivity contribution in [2.45, 2.75) is 18.5 Å². The molecule has 3 N–H and O–H groups in total. The minimum absolute atomic E-state index is 0.0326. The number of nitrogens with one attached hydrogen (secondary N) is 1. The smallest absolute Gasteiger partial charge is 0.265 e. The van der Waals surface area contributed by atoms with Gasteiger partial charge in [0.15, 0.2) is 0 Å². The third-order valence-electron chi connectivity index (χ3n) is 5.69. The first kappa shape index (κ1) is 19.8. The van der Waals surface area contributed by atoms with Gasteiger partial charge in [-0.2, -0.15) is 0 Å². The maximum absolute atomic E-state index is 14.7. The van der Waals surface area contributed by atoms with E-state index >= 15 is 0 Å². The summed E-state index contributed by atoms with van der Waals surface area (Å²) >= 11 is 0. The topological polar surface area (TPSA) is 70.8 Å². The second-order valence-electron chi connectivity index (χ2n) is 7.50. The Balaban J connectivity index is 1.58. The molecule has 2 aliphatic rings. The number of hydrazine groups is 1. The number of piperazine rings is 1. The number of benzene rings is 2. The van der Waals surface area contributed by atoms with Gasteiger partial charge in [-0.05, 0) is 42.3 Å². The molecule has 29 heavy (non-hydrogen) atoms. The van der Waals surface area contributed by atoms with Crippen molar-refractivity contribution in [1.82, 2.24) is 10.3 Å². The maximum atomic E-state index is 14.7. The van der Waals surface area contributed by atoms with Crippen LogP contribution >= 0.6 is 0 Å². The van der Waals surface area contributed by atoms with E-state index in [9.17, 15) is 13.6 Å². The summed E-state index contributed by atoms with van der Waals surface area (Å²) in [5.41, 5.74) is 3.48. The predicted molar refractivity (Wildman–Crippen MR) is 105 cm³/mol. The molecular weight excluding hydrogens is 378 g/mol. The molecule has 1 atom stereocenters.